The Bertz CT molecular complexity index is 589. The van der Waals surface area contributed by atoms with Crippen LogP contribution in [-0.4, -0.2) is 28.8 Å². The summed E-state index contributed by atoms with van der Waals surface area (Å²) in [6, 6.07) is 7.93. The molecule has 1 N–H and O–H groups in total. The van der Waals surface area contributed by atoms with Gasteiger partial charge in [-0.25, -0.2) is 0 Å². The molecule has 1 saturated heterocycles. The molecule has 1 aromatic carbocycles. The molecule has 0 bridgehead atoms. The number of rotatable bonds is 4. The fourth-order valence-electron chi connectivity index (χ4n) is 3.03. The Balaban J connectivity index is 2.11. The van der Waals surface area contributed by atoms with Crippen LogP contribution >= 0.6 is 0 Å². The summed E-state index contributed by atoms with van der Waals surface area (Å²) in [5, 5.41) is 3.04. The zero-order valence-electron chi connectivity index (χ0n) is 14.8. The number of anilines is 1. The average molecular weight is 316 g/mol. The molecule has 4 nitrogen and oxygen atoms in total. The minimum atomic E-state index is -0.272. The van der Waals surface area contributed by atoms with E-state index in [1.807, 2.05) is 39.0 Å². The molecule has 2 rings (SSSR count). The molecule has 126 valence electrons. The maximum absolute atomic E-state index is 12.6. The van der Waals surface area contributed by atoms with Gasteiger partial charge in [-0.15, -0.1) is 0 Å². The van der Waals surface area contributed by atoms with Crippen LogP contribution in [0.25, 0.3) is 0 Å². The van der Waals surface area contributed by atoms with Crippen molar-refractivity contribution in [1.29, 1.82) is 0 Å². The molecule has 0 aliphatic carbocycles. The first-order chi connectivity index (χ1) is 10.7. The van der Waals surface area contributed by atoms with Gasteiger partial charge in [0.2, 0.25) is 11.8 Å². The van der Waals surface area contributed by atoms with Crippen LogP contribution in [0.2, 0.25) is 0 Å². The number of amides is 2. The minimum absolute atomic E-state index is 0.0548. The maximum atomic E-state index is 12.6. The summed E-state index contributed by atoms with van der Waals surface area (Å²) in [6.45, 7) is 10.8. The van der Waals surface area contributed by atoms with E-state index in [4.69, 9.17) is 0 Å². The van der Waals surface area contributed by atoms with Crippen LogP contribution < -0.4 is 5.32 Å². The van der Waals surface area contributed by atoms with Crippen LogP contribution in [-0.2, 0) is 9.59 Å². The highest BCUT2D eigenvalue weighted by molar-refractivity contribution is 5.97. The Morgan fingerprint density at radius 1 is 1.35 bits per heavy atom. The second-order valence-electron chi connectivity index (χ2n) is 7.46. The monoisotopic (exact) mass is 316 g/mol. The first-order valence-corrected chi connectivity index (χ1v) is 8.44. The van der Waals surface area contributed by atoms with Crippen molar-refractivity contribution in [3.63, 3.8) is 0 Å². The van der Waals surface area contributed by atoms with Crippen LogP contribution in [0, 0.1) is 5.92 Å². The van der Waals surface area contributed by atoms with E-state index in [-0.39, 0.29) is 23.3 Å². The second-order valence-corrected chi connectivity index (χ2v) is 7.46. The molecule has 1 aromatic rings. The van der Waals surface area contributed by atoms with E-state index in [1.165, 1.54) is 0 Å². The van der Waals surface area contributed by atoms with E-state index >= 15 is 0 Å². The van der Waals surface area contributed by atoms with Gasteiger partial charge in [0, 0.05) is 24.2 Å². The van der Waals surface area contributed by atoms with Gasteiger partial charge in [0.05, 0.1) is 5.92 Å². The van der Waals surface area contributed by atoms with E-state index in [2.05, 4.69) is 25.2 Å². The Labute approximate surface area is 139 Å². The zero-order chi connectivity index (χ0) is 17.2. The molecule has 0 unspecified atom stereocenters. The summed E-state index contributed by atoms with van der Waals surface area (Å²) in [4.78, 5) is 26.6. The average Bonchev–Trinajstić information content (AvgIpc) is 2.89. The SMILES string of the molecule is CC[C@H](C)c1ccccc1NC(=O)[C@@H]1CC(=O)N(C(C)(C)C)C1. The lowest BCUT2D eigenvalue weighted by Crippen LogP contribution is -2.42. The lowest BCUT2D eigenvalue weighted by atomic mass is 9.96. The summed E-state index contributed by atoms with van der Waals surface area (Å²) >= 11 is 0. The number of nitrogens with zero attached hydrogens (tertiary/aromatic N) is 1. The summed E-state index contributed by atoms with van der Waals surface area (Å²) in [5.41, 5.74) is 1.79. The number of nitrogens with one attached hydrogen (secondary N) is 1. The highest BCUT2D eigenvalue weighted by Crippen LogP contribution is 2.29. The number of likely N-dealkylation sites (tertiary alicyclic amines) is 1. The van der Waals surface area contributed by atoms with E-state index in [0.29, 0.717) is 18.9 Å². The smallest absolute Gasteiger partial charge is 0.229 e. The third-order valence-electron chi connectivity index (χ3n) is 4.67. The quantitative estimate of drug-likeness (QED) is 0.919. The van der Waals surface area contributed by atoms with Crippen LogP contribution in [0.4, 0.5) is 5.69 Å². The zero-order valence-corrected chi connectivity index (χ0v) is 14.8. The van der Waals surface area contributed by atoms with Crippen LogP contribution in [0.1, 0.15) is 58.9 Å². The van der Waals surface area contributed by atoms with E-state index in [1.54, 1.807) is 4.90 Å². The van der Waals surface area contributed by atoms with E-state index in [0.717, 1.165) is 17.7 Å². The van der Waals surface area contributed by atoms with E-state index in [9.17, 15) is 9.59 Å². The Kier molecular flexibility index (Phi) is 5.12. The van der Waals surface area contributed by atoms with Crippen molar-refractivity contribution in [2.45, 2.75) is 58.9 Å². The summed E-state index contributed by atoms with van der Waals surface area (Å²) < 4.78 is 0. The molecule has 1 fully saturated rings. The number of carbonyl (C=O) groups is 2. The molecule has 0 radical (unpaired) electrons. The molecule has 4 heteroatoms. The molecular formula is C19H28N2O2. The van der Waals surface area contributed by atoms with Gasteiger partial charge in [-0.1, -0.05) is 32.0 Å². The number of hydrogen-bond acceptors (Lipinski definition) is 2. The predicted octanol–water partition coefficient (Wildman–Crippen LogP) is 3.79. The molecule has 1 aliphatic rings. The van der Waals surface area contributed by atoms with Gasteiger partial charge in [-0.2, -0.15) is 0 Å². The number of carbonyl (C=O) groups excluding carboxylic acids is 2. The van der Waals surface area contributed by atoms with Crippen molar-refractivity contribution >= 4 is 17.5 Å². The first-order valence-electron chi connectivity index (χ1n) is 8.44. The van der Waals surface area contributed by atoms with Crippen molar-refractivity contribution in [3.8, 4) is 0 Å². The highest BCUT2D eigenvalue weighted by atomic mass is 16.2. The highest BCUT2D eigenvalue weighted by Gasteiger charge is 2.39. The van der Waals surface area contributed by atoms with Crippen molar-refractivity contribution in [1.82, 2.24) is 4.90 Å². The Morgan fingerprint density at radius 2 is 2.00 bits per heavy atom. The number of benzene rings is 1. The Hall–Kier alpha value is -1.84. The molecule has 2 atom stereocenters. The lowest BCUT2D eigenvalue weighted by Gasteiger charge is -2.32. The first kappa shape index (κ1) is 17.5. The standard InChI is InChI=1S/C19H28N2O2/c1-6-13(2)15-9-7-8-10-16(15)20-18(23)14-11-17(22)21(12-14)19(3,4)5/h7-10,13-14H,6,11-12H2,1-5H3,(H,20,23)/t13-,14+/m0/s1. The molecule has 1 heterocycles. The maximum Gasteiger partial charge on any atom is 0.229 e. The van der Waals surface area contributed by atoms with Crippen molar-refractivity contribution in [2.75, 3.05) is 11.9 Å². The summed E-state index contributed by atoms with van der Waals surface area (Å²) in [7, 11) is 0. The molecule has 2 amide bonds. The van der Waals surface area contributed by atoms with Crippen LogP contribution in [0.3, 0.4) is 0 Å². The normalized spacial score (nSPS) is 19.8. The van der Waals surface area contributed by atoms with Gasteiger partial charge in [0.25, 0.3) is 0 Å². The third kappa shape index (κ3) is 3.92. The fourth-order valence-corrected chi connectivity index (χ4v) is 3.03. The van der Waals surface area contributed by atoms with Crippen molar-refractivity contribution in [3.05, 3.63) is 29.8 Å². The second kappa shape index (κ2) is 6.73. The van der Waals surface area contributed by atoms with Gasteiger partial charge in [-0.05, 0) is 44.7 Å². The van der Waals surface area contributed by atoms with Gasteiger partial charge >= 0.3 is 0 Å². The molecule has 0 saturated carbocycles. The molecular weight excluding hydrogens is 288 g/mol. The van der Waals surface area contributed by atoms with Crippen molar-refractivity contribution < 1.29 is 9.59 Å². The fraction of sp³-hybridized carbons (Fsp3) is 0.579. The molecule has 0 spiro atoms. The topological polar surface area (TPSA) is 49.4 Å². The Morgan fingerprint density at radius 3 is 2.57 bits per heavy atom. The van der Waals surface area contributed by atoms with Gasteiger partial charge in [-0.3, -0.25) is 9.59 Å². The minimum Gasteiger partial charge on any atom is -0.337 e. The van der Waals surface area contributed by atoms with Crippen molar-refractivity contribution in [2.24, 2.45) is 5.92 Å². The lowest BCUT2D eigenvalue weighted by molar-refractivity contribution is -0.131. The molecule has 1 aliphatic heterocycles. The van der Waals surface area contributed by atoms with Crippen LogP contribution in [0.5, 0.6) is 0 Å². The number of para-hydroxylation sites is 1. The third-order valence-corrected chi connectivity index (χ3v) is 4.67. The summed E-state index contributed by atoms with van der Waals surface area (Å²) in [6.07, 6.45) is 1.32. The number of hydrogen-bond donors (Lipinski definition) is 1. The summed E-state index contributed by atoms with van der Waals surface area (Å²) in [5.74, 6) is 0.128. The van der Waals surface area contributed by atoms with Gasteiger partial charge in [0.1, 0.15) is 0 Å². The van der Waals surface area contributed by atoms with Crippen LogP contribution in [0.15, 0.2) is 24.3 Å². The largest absolute Gasteiger partial charge is 0.337 e. The molecule has 0 aromatic heterocycles. The van der Waals surface area contributed by atoms with E-state index < -0.39 is 0 Å². The predicted molar refractivity (Wildman–Crippen MR) is 93.4 cm³/mol. The van der Waals surface area contributed by atoms with Gasteiger partial charge in [0.15, 0.2) is 0 Å². The molecule has 23 heavy (non-hydrogen) atoms. The van der Waals surface area contributed by atoms with Gasteiger partial charge < -0.3 is 10.2 Å².